The van der Waals surface area contributed by atoms with E-state index in [0.717, 1.165) is 77.7 Å². The van der Waals surface area contributed by atoms with Crippen LogP contribution in [0.2, 0.25) is 0 Å². The highest BCUT2D eigenvalue weighted by molar-refractivity contribution is 8.16. The summed E-state index contributed by atoms with van der Waals surface area (Å²) < 4.78 is 6.25. The van der Waals surface area contributed by atoms with Crippen molar-refractivity contribution in [2.45, 2.75) is 80.1 Å². The Labute approximate surface area is 256 Å². The van der Waals surface area contributed by atoms with Crippen LogP contribution < -0.4 is 25.6 Å². The number of unbranched alkanes of at least 4 members (excludes halogenated alkanes) is 4. The summed E-state index contributed by atoms with van der Waals surface area (Å²) in [7, 11) is -0.617. The number of rotatable bonds is 13. The molecule has 0 fully saturated rings. The minimum Gasteiger partial charge on any atom is -0.494 e. The molecule has 0 bridgehead atoms. The Balaban J connectivity index is 1.97. The summed E-state index contributed by atoms with van der Waals surface area (Å²) in [5.74, 6) is 0.813. The van der Waals surface area contributed by atoms with E-state index in [1.54, 1.807) is 0 Å². The number of aryl methyl sites for hydroxylation is 4. The molecule has 226 valence electrons. The number of nitrogen functional groups attached to an aromatic ring is 1. The Kier molecular flexibility index (Phi) is 11.0. The van der Waals surface area contributed by atoms with E-state index in [4.69, 9.17) is 15.6 Å². The van der Waals surface area contributed by atoms with Gasteiger partial charge in [0.25, 0.3) is 0 Å². The number of hydrogen-bond donors (Lipinski definition) is 2. The molecule has 0 aliphatic carbocycles. The zero-order valence-electron chi connectivity index (χ0n) is 26.3. The van der Waals surface area contributed by atoms with Crippen molar-refractivity contribution in [3.63, 3.8) is 0 Å². The largest absolute Gasteiger partial charge is 0.494 e. The van der Waals surface area contributed by atoms with Crippen LogP contribution in [0.15, 0.2) is 66.2 Å². The third kappa shape index (κ3) is 7.31. The van der Waals surface area contributed by atoms with Crippen LogP contribution in [0.1, 0.15) is 74.6 Å². The summed E-state index contributed by atoms with van der Waals surface area (Å²) in [5, 5.41) is 14.7. The third-order valence-corrected chi connectivity index (χ3v) is 8.90. The van der Waals surface area contributed by atoms with Crippen molar-refractivity contribution in [3.8, 4) is 5.75 Å². The van der Waals surface area contributed by atoms with E-state index in [1.807, 2.05) is 12.1 Å². The second-order valence-electron chi connectivity index (χ2n) is 11.3. The van der Waals surface area contributed by atoms with Gasteiger partial charge < -0.3 is 15.4 Å². The van der Waals surface area contributed by atoms with E-state index in [1.165, 1.54) is 17.5 Å². The molecule has 7 heteroatoms. The summed E-state index contributed by atoms with van der Waals surface area (Å²) in [6.07, 6.45) is 8.91. The number of benzene rings is 3. The van der Waals surface area contributed by atoms with E-state index in [2.05, 4.69) is 111 Å². The topological polar surface area (TPSA) is 71.0 Å². The average Bonchev–Trinajstić information content (AvgIpc) is 3.33. The Morgan fingerprint density at radius 2 is 1.36 bits per heavy atom. The Hall–Kier alpha value is -3.42. The van der Waals surface area contributed by atoms with Gasteiger partial charge in [-0.25, -0.2) is 10.0 Å². The smallest absolute Gasteiger partial charge is 0.176 e. The molecule has 3 aromatic rings. The van der Waals surface area contributed by atoms with Crippen LogP contribution in [-0.4, -0.2) is 23.2 Å². The van der Waals surface area contributed by atoms with Gasteiger partial charge in [-0.1, -0.05) is 74.5 Å². The molecule has 0 saturated carbocycles. The van der Waals surface area contributed by atoms with Gasteiger partial charge in [0.05, 0.1) is 29.4 Å². The fourth-order valence-corrected chi connectivity index (χ4v) is 6.40. The van der Waals surface area contributed by atoms with Crippen molar-refractivity contribution in [3.05, 3.63) is 88.5 Å². The fourth-order valence-electron chi connectivity index (χ4n) is 5.20. The van der Waals surface area contributed by atoms with Crippen LogP contribution >= 0.6 is 10.7 Å². The second-order valence-corrected chi connectivity index (χ2v) is 12.7. The van der Waals surface area contributed by atoms with Crippen LogP contribution in [0, 0.1) is 27.7 Å². The second kappa shape index (κ2) is 14.7. The lowest BCUT2D eigenvalue weighted by Gasteiger charge is -2.43. The number of anilines is 4. The van der Waals surface area contributed by atoms with Crippen molar-refractivity contribution in [1.29, 1.82) is 0 Å². The van der Waals surface area contributed by atoms with Gasteiger partial charge in [0.2, 0.25) is 0 Å². The van der Waals surface area contributed by atoms with Gasteiger partial charge in [-0.05, 0) is 92.5 Å². The highest BCUT2D eigenvalue weighted by Crippen LogP contribution is 2.42. The molecule has 4 N–H and O–H groups in total. The van der Waals surface area contributed by atoms with Gasteiger partial charge in [-0.15, -0.1) is 0 Å². The first-order chi connectivity index (χ1) is 20.2. The number of nitrogens with zero attached hydrogens (tertiary/aromatic N) is 3. The molecule has 42 heavy (non-hydrogen) atoms. The number of hydrazine groups is 1. The molecular weight excluding hydrogens is 538 g/mol. The normalized spacial score (nSPS) is 14.5. The van der Waals surface area contributed by atoms with Crippen LogP contribution in [0.4, 0.5) is 22.7 Å². The van der Waals surface area contributed by atoms with E-state index in [9.17, 15) is 0 Å². The zero-order valence-corrected chi connectivity index (χ0v) is 27.1. The molecule has 0 radical (unpaired) electrons. The minimum absolute atomic E-state index is 0.617. The van der Waals surface area contributed by atoms with E-state index in [0.29, 0.717) is 12.3 Å². The monoisotopic (exact) mass is 587 g/mol. The Bertz CT molecular complexity index is 1430. The molecule has 0 spiro atoms. The fraction of sp³-hybridized carbons (Fsp3) is 0.400. The molecular formula is C35H49N5OS. The van der Waals surface area contributed by atoms with Crippen molar-refractivity contribution in [1.82, 2.24) is 4.90 Å². The summed E-state index contributed by atoms with van der Waals surface area (Å²) in [6, 6.07) is 19.2. The summed E-state index contributed by atoms with van der Waals surface area (Å²) in [4.78, 5) is 2.33. The van der Waals surface area contributed by atoms with Crippen molar-refractivity contribution in [2.24, 2.45) is 5.14 Å². The number of ether oxygens (including phenoxy) is 1. The Morgan fingerprint density at radius 1 is 0.738 bits per heavy atom. The predicted molar refractivity (Wildman–Crippen MR) is 184 cm³/mol. The molecule has 1 aliphatic rings. The summed E-state index contributed by atoms with van der Waals surface area (Å²) in [5.41, 5.74) is 15.2. The lowest BCUT2D eigenvalue weighted by molar-refractivity contribution is 0.306. The molecule has 0 aromatic heterocycles. The van der Waals surface area contributed by atoms with Crippen molar-refractivity contribution < 1.29 is 4.74 Å². The highest BCUT2D eigenvalue weighted by atomic mass is 32.2. The van der Waals surface area contributed by atoms with Crippen molar-refractivity contribution >= 4 is 38.5 Å². The Morgan fingerprint density at radius 3 is 2.00 bits per heavy atom. The van der Waals surface area contributed by atoms with Crippen LogP contribution in [0.3, 0.4) is 0 Å². The van der Waals surface area contributed by atoms with Crippen LogP contribution in [0.25, 0.3) is 0 Å². The van der Waals surface area contributed by atoms with Gasteiger partial charge in [0.15, 0.2) is 5.11 Å². The van der Waals surface area contributed by atoms with Gasteiger partial charge >= 0.3 is 0 Å². The molecule has 3 aromatic carbocycles. The number of nitrogens with two attached hydrogens (primary N) is 2. The first kappa shape index (κ1) is 31.5. The molecule has 1 heterocycles. The molecule has 0 amide bonds. The maximum Gasteiger partial charge on any atom is 0.176 e. The maximum atomic E-state index is 6.96. The predicted octanol–water partition coefficient (Wildman–Crippen LogP) is 8.84. The number of hydrogen-bond acceptors (Lipinski definition) is 6. The van der Waals surface area contributed by atoms with Gasteiger partial charge in [0, 0.05) is 18.8 Å². The quantitative estimate of drug-likeness (QED) is 0.0901. The summed E-state index contributed by atoms with van der Waals surface area (Å²) in [6.45, 7) is 14.6. The van der Waals surface area contributed by atoms with E-state index >= 15 is 0 Å². The zero-order chi connectivity index (χ0) is 30.2. The molecule has 6 nitrogen and oxygen atoms in total. The average molecular weight is 588 g/mol. The molecule has 1 atom stereocenters. The van der Waals surface area contributed by atoms with Gasteiger partial charge in [-0.3, -0.25) is 5.14 Å². The standard InChI is InChI=1S/C35H49N5OS/c1-7-9-11-19-38-20-22-42(37)35(38)40(33-24-27(4)14-16-29(33)6)39(32-23-26(3)13-15-28(32)5)34-25-30(17-18-31(34)36)41-21-12-10-8-2/h13-18,20,22-25H,7-12,19,21,36-37H2,1-6H3. The first-order valence-electron chi connectivity index (χ1n) is 15.3. The molecule has 4 rings (SSSR count). The minimum atomic E-state index is -0.617. The van der Waals surface area contributed by atoms with Crippen LogP contribution in [0.5, 0.6) is 5.75 Å². The first-order valence-corrected chi connectivity index (χ1v) is 16.7. The molecule has 1 aliphatic heterocycles. The molecule has 0 saturated heterocycles. The maximum absolute atomic E-state index is 6.96. The lowest BCUT2D eigenvalue weighted by atomic mass is 10.1. The molecule has 1 unspecified atom stereocenters. The van der Waals surface area contributed by atoms with E-state index in [-0.39, 0.29) is 0 Å². The SMILES string of the molecule is CCCCCOc1ccc(N)c(N(c2cc(C)ccc2C)N(C2=S(N)C=CN2CCCCC)c2cc(C)ccc2C)c1. The summed E-state index contributed by atoms with van der Waals surface area (Å²) >= 11 is 0. The lowest BCUT2D eigenvalue weighted by Crippen LogP contribution is -2.51. The third-order valence-electron chi connectivity index (χ3n) is 7.66. The van der Waals surface area contributed by atoms with Gasteiger partial charge in [-0.2, -0.15) is 0 Å². The highest BCUT2D eigenvalue weighted by Gasteiger charge is 2.32. The van der Waals surface area contributed by atoms with E-state index < -0.39 is 10.7 Å². The van der Waals surface area contributed by atoms with Crippen molar-refractivity contribution in [2.75, 3.05) is 28.9 Å². The van der Waals surface area contributed by atoms with Crippen LogP contribution in [-0.2, 0) is 0 Å². The van der Waals surface area contributed by atoms with Gasteiger partial charge in [0.1, 0.15) is 5.75 Å².